The Kier molecular flexibility index (Phi) is 4.97. The number of hydrogen-bond acceptors (Lipinski definition) is 2. The Morgan fingerprint density at radius 1 is 1.37 bits per heavy atom. The van der Waals surface area contributed by atoms with Gasteiger partial charge in [-0.1, -0.05) is 30.7 Å². The number of likely N-dealkylation sites (N-methyl/N-ethyl adjacent to an activating group) is 1. The highest BCUT2D eigenvalue weighted by Gasteiger charge is 2.24. The largest absolute Gasteiger partial charge is 0.337 e. The Labute approximate surface area is 116 Å². The summed E-state index contributed by atoms with van der Waals surface area (Å²) in [4.78, 5) is 14.5. The third kappa shape index (κ3) is 3.57. The van der Waals surface area contributed by atoms with Crippen LogP contribution < -0.4 is 5.32 Å². The molecule has 1 aliphatic rings. The zero-order valence-electron chi connectivity index (χ0n) is 12.0. The van der Waals surface area contributed by atoms with Crippen molar-refractivity contribution in [2.75, 3.05) is 13.1 Å². The molecule has 0 unspecified atom stereocenters. The number of nitrogens with zero attached hydrogens (tertiary/aromatic N) is 1. The number of benzene rings is 1. The van der Waals surface area contributed by atoms with E-state index in [1.165, 1.54) is 17.5 Å². The van der Waals surface area contributed by atoms with Crippen LogP contribution in [0.5, 0.6) is 0 Å². The van der Waals surface area contributed by atoms with Crippen molar-refractivity contribution in [1.29, 1.82) is 0 Å². The van der Waals surface area contributed by atoms with E-state index in [0.29, 0.717) is 0 Å². The lowest BCUT2D eigenvalue weighted by Gasteiger charge is -2.29. The fraction of sp³-hybridized carbons (Fsp3) is 0.562. The summed E-state index contributed by atoms with van der Waals surface area (Å²) < 4.78 is 0. The van der Waals surface area contributed by atoms with Crippen LogP contribution in [0.1, 0.15) is 37.3 Å². The highest BCUT2D eigenvalue weighted by atomic mass is 16.2. The molecule has 0 radical (unpaired) electrons. The predicted molar refractivity (Wildman–Crippen MR) is 77.9 cm³/mol. The number of aryl methyl sites for hydroxylation is 1. The summed E-state index contributed by atoms with van der Waals surface area (Å²) in [6.07, 6.45) is 3.32. The van der Waals surface area contributed by atoms with Gasteiger partial charge in [0.15, 0.2) is 0 Å². The van der Waals surface area contributed by atoms with Crippen LogP contribution in [0, 0.1) is 6.92 Å². The second kappa shape index (κ2) is 6.71. The van der Waals surface area contributed by atoms with Crippen LogP contribution in [-0.4, -0.2) is 29.9 Å². The van der Waals surface area contributed by atoms with Gasteiger partial charge in [-0.25, -0.2) is 0 Å². The van der Waals surface area contributed by atoms with Gasteiger partial charge in [-0.3, -0.25) is 4.79 Å². The average Bonchev–Trinajstić information content (AvgIpc) is 2.47. The second-order valence-corrected chi connectivity index (χ2v) is 5.28. The number of carbonyl (C=O) groups excluding carboxylic acids is 1. The number of amides is 1. The van der Waals surface area contributed by atoms with Crippen LogP contribution in [0.15, 0.2) is 24.3 Å². The quantitative estimate of drug-likeness (QED) is 0.902. The number of carbonyl (C=O) groups is 1. The van der Waals surface area contributed by atoms with E-state index < -0.39 is 0 Å². The summed E-state index contributed by atoms with van der Waals surface area (Å²) in [5, 5.41) is 3.34. The minimum Gasteiger partial charge on any atom is -0.337 e. The molecule has 1 aromatic carbocycles. The van der Waals surface area contributed by atoms with Gasteiger partial charge in [-0.2, -0.15) is 0 Å². The van der Waals surface area contributed by atoms with E-state index in [1.54, 1.807) is 0 Å². The Bertz CT molecular complexity index is 425. The Balaban J connectivity index is 2.03. The molecule has 1 aliphatic heterocycles. The Hall–Kier alpha value is -1.35. The summed E-state index contributed by atoms with van der Waals surface area (Å²) in [6.45, 7) is 6.62. The first-order valence-electron chi connectivity index (χ1n) is 7.29. The van der Waals surface area contributed by atoms with Crippen LogP contribution in [0.2, 0.25) is 0 Å². The molecule has 1 atom stereocenters. The number of hydrogen-bond donors (Lipinski definition) is 1. The molecule has 19 heavy (non-hydrogen) atoms. The normalized spacial score (nSPS) is 19.2. The zero-order chi connectivity index (χ0) is 13.7. The molecular formula is C16H24N2O. The van der Waals surface area contributed by atoms with Crippen molar-refractivity contribution in [2.45, 2.75) is 45.7 Å². The number of piperidine rings is 1. The molecule has 3 nitrogen and oxygen atoms in total. The third-order valence-electron chi connectivity index (χ3n) is 3.92. The number of nitrogens with one attached hydrogen (secondary N) is 1. The summed E-state index contributed by atoms with van der Waals surface area (Å²) >= 11 is 0. The van der Waals surface area contributed by atoms with Gasteiger partial charge in [0.05, 0.1) is 6.04 Å². The minimum absolute atomic E-state index is 0.0257. The van der Waals surface area contributed by atoms with Crippen molar-refractivity contribution in [3.63, 3.8) is 0 Å². The molecule has 0 aliphatic carbocycles. The van der Waals surface area contributed by atoms with E-state index in [2.05, 4.69) is 31.3 Å². The van der Waals surface area contributed by atoms with Crippen LogP contribution in [0.4, 0.5) is 0 Å². The molecule has 1 saturated heterocycles. The highest BCUT2D eigenvalue weighted by molar-refractivity contribution is 5.82. The van der Waals surface area contributed by atoms with E-state index in [4.69, 9.17) is 0 Å². The topological polar surface area (TPSA) is 32.3 Å². The first-order valence-corrected chi connectivity index (χ1v) is 7.29. The van der Waals surface area contributed by atoms with Crippen molar-refractivity contribution in [2.24, 2.45) is 0 Å². The first kappa shape index (κ1) is 14.1. The van der Waals surface area contributed by atoms with Gasteiger partial charge in [-0.15, -0.1) is 0 Å². The molecule has 2 rings (SSSR count). The van der Waals surface area contributed by atoms with Crippen LogP contribution in [-0.2, 0) is 11.3 Å². The molecule has 1 N–H and O–H groups in total. The molecule has 1 heterocycles. The van der Waals surface area contributed by atoms with Gasteiger partial charge < -0.3 is 10.2 Å². The SMILES string of the molecule is CCN(Cc1ccccc1C)C(=O)[C@H]1CCCCN1. The van der Waals surface area contributed by atoms with Crippen LogP contribution >= 0.6 is 0 Å². The van der Waals surface area contributed by atoms with Gasteiger partial charge >= 0.3 is 0 Å². The lowest BCUT2D eigenvalue weighted by molar-refractivity contribution is -0.134. The first-order chi connectivity index (χ1) is 9.22. The smallest absolute Gasteiger partial charge is 0.239 e. The zero-order valence-corrected chi connectivity index (χ0v) is 12.0. The fourth-order valence-corrected chi connectivity index (χ4v) is 2.62. The lowest BCUT2D eigenvalue weighted by Crippen LogP contribution is -2.48. The van der Waals surface area contributed by atoms with Gasteiger partial charge in [0.2, 0.25) is 5.91 Å². The van der Waals surface area contributed by atoms with E-state index in [0.717, 1.165) is 32.5 Å². The van der Waals surface area contributed by atoms with E-state index >= 15 is 0 Å². The highest BCUT2D eigenvalue weighted by Crippen LogP contribution is 2.14. The molecule has 0 bridgehead atoms. The van der Waals surface area contributed by atoms with Gasteiger partial charge in [0.25, 0.3) is 0 Å². The average molecular weight is 260 g/mol. The molecule has 0 spiro atoms. The summed E-state index contributed by atoms with van der Waals surface area (Å²) in [5.74, 6) is 0.255. The van der Waals surface area contributed by atoms with Crippen molar-refractivity contribution < 1.29 is 4.79 Å². The molecule has 1 fully saturated rings. The third-order valence-corrected chi connectivity index (χ3v) is 3.92. The summed E-state index contributed by atoms with van der Waals surface area (Å²) in [6, 6.07) is 8.32. The standard InChI is InChI=1S/C16H24N2O/c1-3-18(12-14-9-5-4-8-13(14)2)16(19)15-10-6-7-11-17-15/h4-5,8-9,15,17H,3,6-7,10-12H2,1-2H3/t15-/m1/s1. The monoisotopic (exact) mass is 260 g/mol. The molecule has 1 amide bonds. The number of rotatable bonds is 4. The maximum absolute atomic E-state index is 12.5. The van der Waals surface area contributed by atoms with Crippen molar-refractivity contribution >= 4 is 5.91 Å². The molecular weight excluding hydrogens is 236 g/mol. The molecule has 0 saturated carbocycles. The Morgan fingerprint density at radius 3 is 2.79 bits per heavy atom. The minimum atomic E-state index is 0.0257. The maximum Gasteiger partial charge on any atom is 0.239 e. The Morgan fingerprint density at radius 2 is 2.16 bits per heavy atom. The maximum atomic E-state index is 12.5. The fourth-order valence-electron chi connectivity index (χ4n) is 2.62. The van der Waals surface area contributed by atoms with Crippen LogP contribution in [0.3, 0.4) is 0 Å². The second-order valence-electron chi connectivity index (χ2n) is 5.28. The summed E-state index contributed by atoms with van der Waals surface area (Å²) in [7, 11) is 0. The van der Waals surface area contributed by atoms with Gasteiger partial charge in [0.1, 0.15) is 0 Å². The van der Waals surface area contributed by atoms with E-state index in [1.807, 2.05) is 17.0 Å². The van der Waals surface area contributed by atoms with Crippen molar-refractivity contribution in [3.05, 3.63) is 35.4 Å². The molecule has 0 aromatic heterocycles. The predicted octanol–water partition coefficient (Wildman–Crippen LogP) is 2.49. The molecule has 104 valence electrons. The van der Waals surface area contributed by atoms with E-state index in [-0.39, 0.29) is 11.9 Å². The van der Waals surface area contributed by atoms with E-state index in [9.17, 15) is 4.79 Å². The van der Waals surface area contributed by atoms with Crippen LogP contribution in [0.25, 0.3) is 0 Å². The van der Waals surface area contributed by atoms with Gasteiger partial charge in [0, 0.05) is 13.1 Å². The van der Waals surface area contributed by atoms with Crippen molar-refractivity contribution in [3.8, 4) is 0 Å². The van der Waals surface area contributed by atoms with Gasteiger partial charge in [-0.05, 0) is 44.4 Å². The lowest BCUT2D eigenvalue weighted by atomic mass is 10.0. The molecule has 1 aromatic rings. The summed E-state index contributed by atoms with van der Waals surface area (Å²) in [5.41, 5.74) is 2.50. The van der Waals surface area contributed by atoms with Crippen molar-refractivity contribution in [1.82, 2.24) is 10.2 Å². The molecule has 3 heteroatoms.